The number of hydrogen-bond donors (Lipinski definition) is 5. The molecule has 0 radical (unpaired) electrons. The summed E-state index contributed by atoms with van der Waals surface area (Å²) in [5.74, 6) is -1.54. The first-order chi connectivity index (χ1) is 16.9. The monoisotopic (exact) mass is 595 g/mol. The second kappa shape index (κ2) is 12.3. The van der Waals surface area contributed by atoms with Crippen molar-refractivity contribution >= 4 is 41.2 Å². The van der Waals surface area contributed by atoms with E-state index < -0.39 is 72.2 Å². The van der Waals surface area contributed by atoms with E-state index in [1.54, 1.807) is 0 Å². The third-order valence-corrected chi connectivity index (χ3v) is 8.01. The first-order valence-electron chi connectivity index (χ1n) is 9.65. The highest BCUT2D eigenvalue weighted by Crippen LogP contribution is 2.62. The number of carbonyl (C=O) groups is 2. The molecule has 210 valence electrons. The number of anilines is 1. The zero-order valence-corrected chi connectivity index (χ0v) is 21.1. The normalized spacial score (nSPS) is 25.2. The average Bonchev–Trinajstić information content (AvgIpc) is 3.02. The third kappa shape index (κ3) is 9.73. The van der Waals surface area contributed by atoms with E-state index in [0.29, 0.717) is 4.57 Å². The van der Waals surface area contributed by atoms with E-state index in [-0.39, 0.29) is 18.7 Å². The molecule has 5 N–H and O–H groups in total. The maximum atomic E-state index is 12.3. The van der Waals surface area contributed by atoms with Crippen molar-refractivity contribution in [3.8, 4) is 0 Å². The maximum Gasteiger partial charge on any atom is 0.476 e. The molecule has 1 amide bonds. The van der Waals surface area contributed by atoms with Crippen LogP contribution in [0.3, 0.4) is 0 Å². The summed E-state index contributed by atoms with van der Waals surface area (Å²) in [6.07, 6.45) is -6.58. The summed E-state index contributed by atoms with van der Waals surface area (Å²) in [5, 5.41) is 22.5. The largest absolute Gasteiger partial charge is 0.756 e. The number of rotatable bonds is 12. The lowest BCUT2D eigenvalue weighted by Crippen LogP contribution is -2.36. The van der Waals surface area contributed by atoms with Crippen LogP contribution in [0.25, 0.3) is 0 Å². The Hall–Kier alpha value is -1.89. The van der Waals surface area contributed by atoms with E-state index in [1.807, 2.05) is 0 Å². The van der Waals surface area contributed by atoms with Crippen LogP contribution in [0, 0.1) is 0 Å². The van der Waals surface area contributed by atoms with Crippen LogP contribution in [-0.4, -0.2) is 73.5 Å². The number of aliphatic hydroxyl groups excluding tert-OH is 2. The molecule has 0 aromatic carbocycles. The van der Waals surface area contributed by atoms with Crippen LogP contribution in [0.1, 0.15) is 19.1 Å². The van der Waals surface area contributed by atoms with Crippen molar-refractivity contribution in [2.75, 3.05) is 19.0 Å². The van der Waals surface area contributed by atoms with Crippen LogP contribution < -0.4 is 20.8 Å². The number of carbonyl (C=O) groups excluding carboxylic acids is 2. The molecule has 37 heavy (non-hydrogen) atoms. The molecule has 0 saturated carbocycles. The van der Waals surface area contributed by atoms with Gasteiger partial charge in [0.25, 0.3) is 15.6 Å². The fraction of sp³-hybridized carbons (Fsp3) is 0.571. The fourth-order valence-electron chi connectivity index (χ4n) is 2.75. The maximum absolute atomic E-state index is 12.3. The molecular formula is C14H20N3O17P3-2. The number of esters is 1. The summed E-state index contributed by atoms with van der Waals surface area (Å²) in [6, 6.07) is 1.11. The second-order valence-electron chi connectivity index (χ2n) is 7.02. The summed E-state index contributed by atoms with van der Waals surface area (Å²) in [7, 11) is -16.5. The summed E-state index contributed by atoms with van der Waals surface area (Å²) >= 11 is 0. The molecule has 1 aliphatic rings. The smallest absolute Gasteiger partial charge is 0.476 e. The van der Waals surface area contributed by atoms with E-state index in [9.17, 15) is 48.1 Å². The first kappa shape index (κ1) is 31.3. The Bertz CT molecular complexity index is 1200. The molecule has 1 aliphatic heterocycles. The van der Waals surface area contributed by atoms with Gasteiger partial charge in [-0.2, -0.15) is 4.98 Å². The predicted molar refractivity (Wildman–Crippen MR) is 110 cm³/mol. The molecule has 0 aliphatic carbocycles. The van der Waals surface area contributed by atoms with Crippen molar-refractivity contribution in [1.29, 1.82) is 0 Å². The molecule has 23 heteroatoms. The molecule has 2 heterocycles. The molecule has 3 unspecified atom stereocenters. The average molecular weight is 595 g/mol. The molecule has 0 spiro atoms. The summed E-state index contributed by atoms with van der Waals surface area (Å²) < 4.78 is 54.6. The zero-order chi connectivity index (χ0) is 28.2. The second-order valence-corrected chi connectivity index (χ2v) is 11.4. The zero-order valence-electron chi connectivity index (χ0n) is 18.4. The molecule has 1 saturated heterocycles. The van der Waals surface area contributed by atoms with Crippen molar-refractivity contribution in [2.24, 2.45) is 0 Å². The molecule has 6 atom stereocenters. The van der Waals surface area contributed by atoms with E-state index in [1.165, 1.54) is 0 Å². The van der Waals surface area contributed by atoms with Gasteiger partial charge in [-0.15, -0.1) is 0 Å². The summed E-state index contributed by atoms with van der Waals surface area (Å²) in [4.78, 5) is 78.6. The number of hydrogen-bond acceptors (Lipinski definition) is 16. The Morgan fingerprint density at radius 1 is 1.14 bits per heavy atom. The van der Waals surface area contributed by atoms with Gasteiger partial charge in [0.1, 0.15) is 24.1 Å². The predicted octanol–water partition coefficient (Wildman–Crippen LogP) is -3.17. The van der Waals surface area contributed by atoms with Crippen LogP contribution in [0.5, 0.6) is 0 Å². The Morgan fingerprint density at radius 2 is 1.78 bits per heavy atom. The van der Waals surface area contributed by atoms with E-state index in [2.05, 4.69) is 28.2 Å². The van der Waals surface area contributed by atoms with Gasteiger partial charge in [-0.1, -0.05) is 0 Å². The summed E-state index contributed by atoms with van der Waals surface area (Å²) in [5.41, 5.74) is -1.09. The number of ether oxygens (including phenoxy) is 2. The van der Waals surface area contributed by atoms with E-state index >= 15 is 0 Å². The molecule has 0 bridgehead atoms. The van der Waals surface area contributed by atoms with Crippen molar-refractivity contribution in [2.45, 2.75) is 37.4 Å². The van der Waals surface area contributed by atoms with Crippen LogP contribution in [-0.2, 0) is 45.9 Å². The van der Waals surface area contributed by atoms with Gasteiger partial charge < -0.3 is 49.1 Å². The number of nitrogens with one attached hydrogen (secondary N) is 1. The fourth-order valence-corrected chi connectivity index (χ4v) is 5.68. The van der Waals surface area contributed by atoms with Crippen LogP contribution in [0.4, 0.5) is 5.82 Å². The number of phosphoric ester groups is 1. The van der Waals surface area contributed by atoms with Gasteiger partial charge in [-0.25, -0.2) is 18.0 Å². The molecule has 1 aromatic heterocycles. The van der Waals surface area contributed by atoms with Gasteiger partial charge in [-0.3, -0.25) is 23.3 Å². The number of methoxy groups -OCH3 is 1. The lowest BCUT2D eigenvalue weighted by atomic mass is 10.1. The van der Waals surface area contributed by atoms with E-state index in [0.717, 1.165) is 19.4 Å². The number of nitrogens with zero attached hydrogens (tertiary/aromatic N) is 2. The third-order valence-electron chi connectivity index (χ3n) is 4.30. The molecule has 20 nitrogen and oxygen atoms in total. The van der Waals surface area contributed by atoms with Crippen molar-refractivity contribution in [3.63, 3.8) is 0 Å². The van der Waals surface area contributed by atoms with Crippen LogP contribution in [0.2, 0.25) is 0 Å². The Labute approximate surface area is 206 Å². The quantitative estimate of drug-likeness (QED) is 0.118. The SMILES string of the molecule is COC(=O)CCC(=O)Nc1ccn([C@@H]2O[C@H](COP(=O)([O-])OP(=O)([O-])OP(=O)(O)O)[C@H](O)C2O)c(=O)n1. The Kier molecular flexibility index (Phi) is 10.4. The highest BCUT2D eigenvalue weighted by atomic mass is 31.3. The minimum absolute atomic E-state index is 0.229. The Balaban J connectivity index is 2.02. The molecule has 1 fully saturated rings. The highest BCUT2D eigenvalue weighted by molar-refractivity contribution is 7.65. The van der Waals surface area contributed by atoms with E-state index in [4.69, 9.17) is 14.5 Å². The topological polar surface area (TPSA) is 305 Å². The van der Waals surface area contributed by atoms with Crippen LogP contribution in [0.15, 0.2) is 17.1 Å². The first-order valence-corrected chi connectivity index (χ1v) is 14.1. The molecule has 2 rings (SSSR count). The van der Waals surface area contributed by atoms with Gasteiger partial charge in [0.15, 0.2) is 6.23 Å². The molecular weight excluding hydrogens is 575 g/mol. The minimum Gasteiger partial charge on any atom is -0.756 e. The highest BCUT2D eigenvalue weighted by Gasteiger charge is 2.45. The lowest BCUT2D eigenvalue weighted by molar-refractivity contribution is -0.241. The van der Waals surface area contributed by atoms with Crippen LogP contribution >= 0.6 is 23.5 Å². The van der Waals surface area contributed by atoms with Crippen molar-refractivity contribution in [3.05, 3.63) is 22.7 Å². The van der Waals surface area contributed by atoms with Gasteiger partial charge >= 0.3 is 19.5 Å². The summed E-state index contributed by atoms with van der Waals surface area (Å²) in [6.45, 7) is -1.18. The Morgan fingerprint density at radius 3 is 2.35 bits per heavy atom. The van der Waals surface area contributed by atoms with Gasteiger partial charge in [-0.05, 0) is 6.07 Å². The minimum atomic E-state index is -6.09. The van der Waals surface area contributed by atoms with Gasteiger partial charge in [0.05, 0.1) is 20.1 Å². The van der Waals surface area contributed by atoms with Gasteiger partial charge in [0, 0.05) is 12.6 Å². The van der Waals surface area contributed by atoms with Crippen molar-refractivity contribution in [1.82, 2.24) is 9.55 Å². The number of aromatic nitrogens is 2. The molecule has 1 aromatic rings. The number of amides is 1. The van der Waals surface area contributed by atoms with Gasteiger partial charge in [0.2, 0.25) is 5.91 Å². The lowest BCUT2D eigenvalue weighted by Gasteiger charge is -2.30. The number of aliphatic hydroxyl groups is 2. The number of phosphoric acid groups is 3. The van der Waals surface area contributed by atoms with Crippen molar-refractivity contribution < 1.29 is 75.7 Å². The standard InChI is InChI=1S/C14H22N3O17P3/c1-30-10(19)3-2-9(18)15-8-4-5-17(14(22)16-8)13-12(21)11(20)7(32-13)6-31-36(26,27)34-37(28,29)33-35(23,24)25/h4-5,7,11-13,20-21H,2-3,6H2,1H3,(H,26,27)(H,28,29)(H2,23,24,25)(H,15,16,18,22)/p-2/t7-,11+,12?,13-/m1/s1.